The SMILES string of the molecule is O=c1ccc(C(F)(F)F)cn1Cc1nnc(-c2ccc(Br)o2)o1. The van der Waals surface area contributed by atoms with Crippen LogP contribution in [0.3, 0.4) is 0 Å². The van der Waals surface area contributed by atoms with Gasteiger partial charge >= 0.3 is 6.18 Å². The van der Waals surface area contributed by atoms with E-state index in [2.05, 4.69) is 26.1 Å². The minimum Gasteiger partial charge on any atom is -0.444 e. The fourth-order valence-corrected chi connectivity index (χ4v) is 2.12. The van der Waals surface area contributed by atoms with Crippen molar-refractivity contribution in [2.75, 3.05) is 0 Å². The molecule has 0 aliphatic heterocycles. The highest BCUT2D eigenvalue weighted by Gasteiger charge is 2.31. The summed E-state index contributed by atoms with van der Waals surface area (Å²) in [7, 11) is 0. The standard InChI is InChI=1S/C13H7BrF3N3O3/c14-9-3-2-8(22-9)12-19-18-10(23-12)6-20-5-7(13(15,16)17)1-4-11(20)21/h1-5H,6H2. The maximum absolute atomic E-state index is 12.7. The van der Waals surface area contributed by atoms with E-state index < -0.39 is 17.3 Å². The van der Waals surface area contributed by atoms with Crippen molar-refractivity contribution in [1.82, 2.24) is 14.8 Å². The summed E-state index contributed by atoms with van der Waals surface area (Å²) in [6.07, 6.45) is -3.84. The van der Waals surface area contributed by atoms with Gasteiger partial charge in [0.15, 0.2) is 10.4 Å². The summed E-state index contributed by atoms with van der Waals surface area (Å²) >= 11 is 3.12. The molecule has 3 rings (SSSR count). The zero-order valence-electron chi connectivity index (χ0n) is 11.2. The predicted octanol–water partition coefficient (Wildman–Crippen LogP) is 3.32. The van der Waals surface area contributed by atoms with Crippen LogP contribution in [-0.4, -0.2) is 14.8 Å². The maximum atomic E-state index is 12.7. The lowest BCUT2D eigenvalue weighted by Crippen LogP contribution is -2.22. The van der Waals surface area contributed by atoms with Crippen LogP contribution in [0.15, 0.2) is 48.8 Å². The minimum atomic E-state index is -4.55. The van der Waals surface area contributed by atoms with Crippen LogP contribution in [0.1, 0.15) is 11.5 Å². The molecule has 0 bridgehead atoms. The lowest BCUT2D eigenvalue weighted by molar-refractivity contribution is -0.138. The summed E-state index contributed by atoms with van der Waals surface area (Å²) in [4.78, 5) is 11.7. The number of alkyl halides is 3. The van der Waals surface area contributed by atoms with Crippen LogP contribution in [0.5, 0.6) is 0 Å². The molecule has 0 amide bonds. The van der Waals surface area contributed by atoms with E-state index in [1.54, 1.807) is 12.1 Å². The van der Waals surface area contributed by atoms with Crippen molar-refractivity contribution in [2.24, 2.45) is 0 Å². The number of hydrogen-bond donors (Lipinski definition) is 0. The van der Waals surface area contributed by atoms with Crippen LogP contribution in [0, 0.1) is 0 Å². The Morgan fingerprint density at radius 2 is 1.91 bits per heavy atom. The van der Waals surface area contributed by atoms with Crippen LogP contribution >= 0.6 is 15.9 Å². The third kappa shape index (κ3) is 3.36. The zero-order valence-corrected chi connectivity index (χ0v) is 12.8. The predicted molar refractivity (Wildman–Crippen MR) is 74.5 cm³/mol. The van der Waals surface area contributed by atoms with E-state index in [9.17, 15) is 18.0 Å². The smallest absolute Gasteiger partial charge is 0.417 e. The van der Waals surface area contributed by atoms with E-state index in [-0.39, 0.29) is 18.3 Å². The van der Waals surface area contributed by atoms with Crippen molar-refractivity contribution in [3.8, 4) is 11.7 Å². The molecule has 0 radical (unpaired) electrons. The average Bonchev–Trinajstić information content (AvgIpc) is 3.09. The number of pyridine rings is 1. The molecule has 3 aromatic heterocycles. The third-order valence-corrected chi connectivity index (χ3v) is 3.29. The average molecular weight is 390 g/mol. The molecule has 0 saturated carbocycles. The molecule has 23 heavy (non-hydrogen) atoms. The van der Waals surface area contributed by atoms with Crippen LogP contribution in [0.25, 0.3) is 11.7 Å². The van der Waals surface area contributed by atoms with E-state index in [4.69, 9.17) is 8.83 Å². The van der Waals surface area contributed by atoms with E-state index in [0.717, 1.165) is 16.7 Å². The summed E-state index contributed by atoms with van der Waals surface area (Å²) in [5, 5.41) is 7.43. The topological polar surface area (TPSA) is 74.1 Å². The van der Waals surface area contributed by atoms with Crippen molar-refractivity contribution < 1.29 is 22.0 Å². The lowest BCUT2D eigenvalue weighted by Gasteiger charge is -2.08. The maximum Gasteiger partial charge on any atom is 0.417 e. The molecule has 0 saturated heterocycles. The van der Waals surface area contributed by atoms with Crippen molar-refractivity contribution in [3.05, 3.63) is 56.9 Å². The number of nitrogens with zero attached hydrogens (tertiary/aromatic N) is 3. The van der Waals surface area contributed by atoms with Gasteiger partial charge in [-0.05, 0) is 34.1 Å². The Morgan fingerprint density at radius 1 is 1.13 bits per heavy atom. The second kappa shape index (κ2) is 5.69. The van der Waals surface area contributed by atoms with Gasteiger partial charge in [0.05, 0.1) is 5.56 Å². The van der Waals surface area contributed by atoms with Crippen LogP contribution in [0.2, 0.25) is 0 Å². The van der Waals surface area contributed by atoms with Gasteiger partial charge < -0.3 is 13.4 Å². The Bertz CT molecular complexity index is 897. The van der Waals surface area contributed by atoms with Crippen LogP contribution < -0.4 is 5.56 Å². The Balaban J connectivity index is 1.88. The fourth-order valence-electron chi connectivity index (χ4n) is 1.81. The lowest BCUT2D eigenvalue weighted by atomic mass is 10.3. The van der Waals surface area contributed by atoms with Crippen molar-refractivity contribution in [2.45, 2.75) is 12.7 Å². The van der Waals surface area contributed by atoms with E-state index in [1.165, 1.54) is 0 Å². The molecule has 3 heterocycles. The van der Waals surface area contributed by atoms with Crippen LogP contribution in [-0.2, 0) is 12.7 Å². The Kier molecular flexibility index (Phi) is 3.84. The summed E-state index contributed by atoms with van der Waals surface area (Å²) in [6, 6.07) is 4.76. The molecule has 120 valence electrons. The first kappa shape index (κ1) is 15.5. The molecular weight excluding hydrogens is 383 g/mol. The highest BCUT2D eigenvalue weighted by Crippen LogP contribution is 2.28. The summed E-state index contributed by atoms with van der Waals surface area (Å²) in [6.45, 7) is -0.280. The van der Waals surface area contributed by atoms with Gasteiger partial charge in [-0.25, -0.2) is 0 Å². The number of rotatable bonds is 3. The quantitative estimate of drug-likeness (QED) is 0.686. The molecule has 0 fully saturated rings. The normalized spacial score (nSPS) is 11.8. The third-order valence-electron chi connectivity index (χ3n) is 2.87. The molecule has 6 nitrogen and oxygen atoms in total. The molecule has 0 aliphatic carbocycles. The molecule has 3 aromatic rings. The van der Waals surface area contributed by atoms with Crippen molar-refractivity contribution in [1.29, 1.82) is 0 Å². The molecular formula is C13H7BrF3N3O3. The van der Waals surface area contributed by atoms with Gasteiger partial charge in [0.1, 0.15) is 6.54 Å². The first-order valence-electron chi connectivity index (χ1n) is 6.19. The van der Waals surface area contributed by atoms with E-state index in [1.807, 2.05) is 0 Å². The van der Waals surface area contributed by atoms with Crippen LogP contribution in [0.4, 0.5) is 13.2 Å². The summed E-state index contributed by atoms with van der Waals surface area (Å²) < 4.78 is 49.9. The molecule has 0 aromatic carbocycles. The highest BCUT2D eigenvalue weighted by atomic mass is 79.9. The highest BCUT2D eigenvalue weighted by molar-refractivity contribution is 9.10. The van der Waals surface area contributed by atoms with Gasteiger partial charge in [-0.1, -0.05) is 0 Å². The second-order valence-corrected chi connectivity index (χ2v) is 5.27. The first-order chi connectivity index (χ1) is 10.8. The van der Waals surface area contributed by atoms with E-state index in [0.29, 0.717) is 16.6 Å². The molecule has 0 atom stereocenters. The van der Waals surface area contributed by atoms with Gasteiger partial charge in [-0.15, -0.1) is 10.2 Å². The summed E-state index contributed by atoms with van der Waals surface area (Å²) in [5.41, 5.74) is -1.55. The largest absolute Gasteiger partial charge is 0.444 e. The Labute approximate surface area is 134 Å². The Morgan fingerprint density at radius 3 is 2.57 bits per heavy atom. The molecule has 0 unspecified atom stereocenters. The second-order valence-electron chi connectivity index (χ2n) is 4.49. The van der Waals surface area contributed by atoms with E-state index >= 15 is 0 Å². The number of furan rings is 1. The fraction of sp³-hybridized carbons (Fsp3) is 0.154. The zero-order chi connectivity index (χ0) is 16.6. The van der Waals surface area contributed by atoms with Crippen molar-refractivity contribution in [3.63, 3.8) is 0 Å². The molecule has 0 N–H and O–H groups in total. The van der Waals surface area contributed by atoms with Gasteiger partial charge in [-0.3, -0.25) is 4.79 Å². The number of aromatic nitrogens is 3. The molecule has 0 spiro atoms. The molecule has 10 heteroatoms. The minimum absolute atomic E-state index is 0.0195. The summed E-state index contributed by atoms with van der Waals surface area (Å²) in [5.74, 6) is 0.340. The van der Waals surface area contributed by atoms with Crippen molar-refractivity contribution >= 4 is 15.9 Å². The van der Waals surface area contributed by atoms with Gasteiger partial charge in [0, 0.05) is 12.3 Å². The monoisotopic (exact) mass is 389 g/mol. The first-order valence-corrected chi connectivity index (χ1v) is 6.98. The number of hydrogen-bond acceptors (Lipinski definition) is 5. The number of halogens is 4. The van der Waals surface area contributed by atoms with Gasteiger partial charge in [0.2, 0.25) is 5.89 Å². The van der Waals surface area contributed by atoms with Gasteiger partial charge in [-0.2, -0.15) is 13.2 Å². The van der Waals surface area contributed by atoms with Gasteiger partial charge in [0.25, 0.3) is 11.4 Å². The Hall–Kier alpha value is -2.36. The molecule has 0 aliphatic rings.